The van der Waals surface area contributed by atoms with Crippen molar-refractivity contribution in [2.45, 2.75) is 65.8 Å². The number of para-hydroxylation sites is 2. The Morgan fingerprint density at radius 3 is 2.45 bits per heavy atom. The lowest BCUT2D eigenvalue weighted by atomic mass is 10.0. The van der Waals surface area contributed by atoms with E-state index in [1.54, 1.807) is 0 Å². The molecule has 2 heterocycles. The molecule has 2 N–H and O–H groups in total. The van der Waals surface area contributed by atoms with Gasteiger partial charge in [-0.25, -0.2) is 14.8 Å². The van der Waals surface area contributed by atoms with E-state index in [2.05, 4.69) is 27.7 Å². The summed E-state index contributed by atoms with van der Waals surface area (Å²) in [6.45, 7) is 9.02. The summed E-state index contributed by atoms with van der Waals surface area (Å²) >= 11 is 0. The summed E-state index contributed by atoms with van der Waals surface area (Å²) in [4.78, 5) is 22.4. The minimum Gasteiger partial charge on any atom is -0.462 e. The van der Waals surface area contributed by atoms with Gasteiger partial charge in [0.25, 0.3) is 0 Å². The lowest BCUT2D eigenvalue weighted by Gasteiger charge is -2.17. The molecular weight excluding hydrogens is 364 g/mol. The Hall–Kier alpha value is -2.63. The molecule has 0 radical (unpaired) electrons. The van der Waals surface area contributed by atoms with Gasteiger partial charge in [-0.3, -0.25) is 0 Å². The van der Waals surface area contributed by atoms with Gasteiger partial charge in [-0.15, -0.1) is 0 Å². The fraction of sp³-hybridized carbons (Fsp3) is 0.522. The zero-order chi connectivity index (χ0) is 21.0. The maximum Gasteiger partial charge on any atom is 0.344 e. The van der Waals surface area contributed by atoms with Crippen LogP contribution in [0, 0.1) is 5.92 Å². The third kappa shape index (κ3) is 4.52. The van der Waals surface area contributed by atoms with Crippen LogP contribution in [0.3, 0.4) is 0 Å². The molecular formula is C23H32N4O2. The van der Waals surface area contributed by atoms with E-state index in [9.17, 15) is 4.79 Å². The van der Waals surface area contributed by atoms with Crippen molar-refractivity contribution in [3.63, 3.8) is 0 Å². The van der Waals surface area contributed by atoms with Crippen LogP contribution in [0.25, 0.3) is 22.2 Å². The van der Waals surface area contributed by atoms with Crippen molar-refractivity contribution in [2.75, 3.05) is 12.3 Å². The molecule has 1 atom stereocenters. The van der Waals surface area contributed by atoms with Gasteiger partial charge in [0.05, 0.1) is 17.6 Å². The highest BCUT2D eigenvalue weighted by Crippen LogP contribution is 2.33. The topological polar surface area (TPSA) is 83.0 Å². The molecule has 3 rings (SSSR count). The first-order valence-electron chi connectivity index (χ1n) is 10.7. The number of aromatic nitrogens is 3. The molecule has 29 heavy (non-hydrogen) atoms. The van der Waals surface area contributed by atoms with Gasteiger partial charge in [-0.2, -0.15) is 0 Å². The number of unbranched alkanes of at least 4 members (excludes halogenated alkanes) is 1. The van der Waals surface area contributed by atoms with Gasteiger partial charge < -0.3 is 15.0 Å². The molecule has 3 aromatic rings. The Morgan fingerprint density at radius 2 is 1.79 bits per heavy atom. The monoisotopic (exact) mass is 396 g/mol. The molecule has 0 spiro atoms. The summed E-state index contributed by atoms with van der Waals surface area (Å²) in [5.74, 6) is 0.640. The van der Waals surface area contributed by atoms with Crippen LogP contribution in [0.15, 0.2) is 24.3 Å². The molecule has 0 fully saturated rings. The predicted molar refractivity (Wildman–Crippen MR) is 118 cm³/mol. The van der Waals surface area contributed by atoms with Crippen molar-refractivity contribution >= 4 is 34.0 Å². The summed E-state index contributed by atoms with van der Waals surface area (Å²) < 4.78 is 7.44. The number of esters is 1. The maximum atomic E-state index is 12.8. The van der Waals surface area contributed by atoms with Crippen LogP contribution in [0.5, 0.6) is 0 Å². The van der Waals surface area contributed by atoms with Gasteiger partial charge in [-0.05, 0) is 37.8 Å². The number of nitrogens with two attached hydrogens (primary N) is 1. The van der Waals surface area contributed by atoms with Crippen molar-refractivity contribution in [3.8, 4) is 0 Å². The first-order valence-corrected chi connectivity index (χ1v) is 10.7. The quantitative estimate of drug-likeness (QED) is 0.381. The molecule has 0 amide bonds. The maximum absolute atomic E-state index is 12.8. The molecule has 156 valence electrons. The number of carbonyl (C=O) groups is 1. The van der Waals surface area contributed by atoms with Crippen LogP contribution in [-0.4, -0.2) is 27.1 Å². The van der Waals surface area contributed by atoms with Crippen LogP contribution in [0.1, 0.15) is 76.2 Å². The van der Waals surface area contributed by atoms with Crippen molar-refractivity contribution in [3.05, 3.63) is 29.8 Å². The predicted octanol–water partition coefficient (Wildman–Crippen LogP) is 5.51. The Morgan fingerprint density at radius 1 is 1.10 bits per heavy atom. The van der Waals surface area contributed by atoms with Crippen LogP contribution < -0.4 is 5.73 Å². The highest BCUT2D eigenvalue weighted by molar-refractivity contribution is 6.08. The molecule has 0 saturated heterocycles. The average Bonchev–Trinajstić information content (AvgIpc) is 2.96. The number of carbonyl (C=O) groups excluding carboxylic acids is 1. The molecule has 0 aliphatic carbocycles. The number of anilines is 1. The smallest absolute Gasteiger partial charge is 0.344 e. The number of benzene rings is 1. The first-order chi connectivity index (χ1) is 13.9. The Labute approximate surface area is 172 Å². The summed E-state index contributed by atoms with van der Waals surface area (Å²) in [6, 6.07) is 7.79. The van der Waals surface area contributed by atoms with Gasteiger partial charge in [0.15, 0.2) is 5.65 Å². The van der Waals surface area contributed by atoms with E-state index in [-0.39, 0.29) is 6.04 Å². The molecule has 0 aliphatic rings. The molecule has 6 nitrogen and oxygen atoms in total. The number of rotatable bonds is 9. The zero-order valence-corrected chi connectivity index (χ0v) is 17.9. The van der Waals surface area contributed by atoms with Crippen LogP contribution in [0.2, 0.25) is 0 Å². The standard InChI is InChI=1S/C23H32N4O2/c1-5-6-14-29-23(28)19-20-22(26-18-13-8-7-12-17(18)25-20)27(21(19)24)16(4)11-9-10-15(2)3/h7-8,12-13,15-16H,5-6,9-11,14,24H2,1-4H3/t16-/m1/s1. The van der Waals surface area contributed by atoms with Gasteiger partial charge in [0.2, 0.25) is 0 Å². The van der Waals surface area contributed by atoms with Gasteiger partial charge in [-0.1, -0.05) is 52.2 Å². The van der Waals surface area contributed by atoms with Gasteiger partial charge >= 0.3 is 5.97 Å². The fourth-order valence-corrected chi connectivity index (χ4v) is 3.66. The molecule has 6 heteroatoms. The molecule has 0 unspecified atom stereocenters. The second-order valence-corrected chi connectivity index (χ2v) is 8.18. The lowest BCUT2D eigenvalue weighted by Crippen LogP contribution is -2.13. The second-order valence-electron chi connectivity index (χ2n) is 8.18. The Kier molecular flexibility index (Phi) is 6.72. The van der Waals surface area contributed by atoms with Crippen LogP contribution in [-0.2, 0) is 4.74 Å². The van der Waals surface area contributed by atoms with E-state index < -0.39 is 5.97 Å². The third-order valence-electron chi connectivity index (χ3n) is 5.31. The first kappa shape index (κ1) is 21.1. The van der Waals surface area contributed by atoms with Crippen molar-refractivity contribution < 1.29 is 9.53 Å². The number of nitrogen functional groups attached to an aromatic ring is 1. The summed E-state index contributed by atoms with van der Waals surface area (Å²) in [5.41, 5.74) is 9.55. The fourth-order valence-electron chi connectivity index (χ4n) is 3.66. The van der Waals surface area contributed by atoms with E-state index in [0.29, 0.717) is 35.1 Å². The Bertz CT molecular complexity index is 993. The minimum atomic E-state index is -0.418. The van der Waals surface area contributed by atoms with Crippen molar-refractivity contribution in [1.29, 1.82) is 0 Å². The second kappa shape index (κ2) is 9.25. The van der Waals surface area contributed by atoms with Crippen LogP contribution in [0.4, 0.5) is 5.82 Å². The van der Waals surface area contributed by atoms with Crippen LogP contribution >= 0.6 is 0 Å². The van der Waals surface area contributed by atoms with Crippen molar-refractivity contribution in [1.82, 2.24) is 14.5 Å². The SMILES string of the molecule is CCCCOC(=O)c1c(N)n([C@H](C)CCCC(C)C)c2nc3ccccc3nc12. The van der Waals surface area contributed by atoms with Gasteiger partial charge in [0, 0.05) is 6.04 Å². The average molecular weight is 397 g/mol. The largest absolute Gasteiger partial charge is 0.462 e. The van der Waals surface area contributed by atoms with Crippen molar-refractivity contribution in [2.24, 2.45) is 5.92 Å². The van der Waals surface area contributed by atoms with E-state index in [1.165, 1.54) is 0 Å². The summed E-state index contributed by atoms with van der Waals surface area (Å²) in [7, 11) is 0. The number of ether oxygens (including phenoxy) is 1. The highest BCUT2D eigenvalue weighted by Gasteiger charge is 2.27. The number of nitrogens with zero attached hydrogens (tertiary/aromatic N) is 3. The third-order valence-corrected chi connectivity index (χ3v) is 5.31. The molecule has 0 saturated carbocycles. The highest BCUT2D eigenvalue weighted by atomic mass is 16.5. The van der Waals surface area contributed by atoms with E-state index in [0.717, 1.165) is 43.1 Å². The Balaban J connectivity index is 2.07. The minimum absolute atomic E-state index is 0.115. The number of hydrogen-bond acceptors (Lipinski definition) is 5. The zero-order valence-electron chi connectivity index (χ0n) is 17.9. The van der Waals surface area contributed by atoms with E-state index in [1.807, 2.05) is 28.8 Å². The van der Waals surface area contributed by atoms with E-state index >= 15 is 0 Å². The normalized spacial score (nSPS) is 12.7. The molecule has 2 aromatic heterocycles. The summed E-state index contributed by atoms with van der Waals surface area (Å²) in [6.07, 6.45) is 5.00. The molecule has 0 aliphatic heterocycles. The number of hydrogen-bond donors (Lipinski definition) is 1. The number of fused-ring (bicyclic) bond motifs is 2. The van der Waals surface area contributed by atoms with E-state index in [4.69, 9.17) is 20.4 Å². The lowest BCUT2D eigenvalue weighted by molar-refractivity contribution is 0.0503. The molecule has 0 bridgehead atoms. The van der Waals surface area contributed by atoms with Gasteiger partial charge in [0.1, 0.15) is 16.9 Å². The molecule has 1 aromatic carbocycles. The summed E-state index contributed by atoms with van der Waals surface area (Å²) in [5, 5.41) is 0.